The van der Waals surface area contributed by atoms with Crippen LogP contribution in [0.1, 0.15) is 21.5 Å². The van der Waals surface area contributed by atoms with Crippen LogP contribution >= 0.6 is 0 Å². The Morgan fingerprint density at radius 1 is 1.09 bits per heavy atom. The van der Waals surface area contributed by atoms with Crippen LogP contribution in [0.15, 0.2) is 42.9 Å². The number of aliphatic hydroxyl groups excluding tert-OH is 2. The summed E-state index contributed by atoms with van der Waals surface area (Å²) in [6, 6.07) is 2.57. The number of nitrogen functional groups attached to an aromatic ring is 1. The van der Waals surface area contributed by atoms with E-state index in [0.717, 1.165) is 23.1 Å². The monoisotopic (exact) mass is 495 g/mol. The Balaban J connectivity index is 1.78. The molecule has 2 aromatic heterocycles. The van der Waals surface area contributed by atoms with Crippen molar-refractivity contribution < 1.29 is 37.0 Å². The molecular formula is C22H18F5N5O3. The van der Waals surface area contributed by atoms with Gasteiger partial charge in [-0.05, 0) is 18.2 Å². The summed E-state index contributed by atoms with van der Waals surface area (Å²) in [6.45, 7) is -2.19. The number of fused-ring (bicyclic) bond motifs is 3. The number of imidazole rings is 1. The van der Waals surface area contributed by atoms with Gasteiger partial charge in [-0.25, -0.2) is 18.7 Å². The fourth-order valence-electron chi connectivity index (χ4n) is 3.67. The average molecular weight is 495 g/mol. The first-order valence-electron chi connectivity index (χ1n) is 10.1. The molecule has 0 aliphatic rings. The number of nitrogens with zero attached hydrogens (tertiary/aromatic N) is 4. The van der Waals surface area contributed by atoms with Crippen molar-refractivity contribution in [1.82, 2.24) is 19.3 Å². The number of hydrogen-bond donors (Lipinski definition) is 3. The fourth-order valence-corrected chi connectivity index (χ4v) is 3.67. The van der Waals surface area contributed by atoms with Gasteiger partial charge in [0, 0.05) is 18.2 Å². The van der Waals surface area contributed by atoms with Crippen molar-refractivity contribution in [3.05, 3.63) is 71.2 Å². The van der Waals surface area contributed by atoms with Crippen LogP contribution in [-0.2, 0) is 12.7 Å². The maximum absolute atomic E-state index is 15.0. The molecule has 0 bridgehead atoms. The van der Waals surface area contributed by atoms with Crippen molar-refractivity contribution in [3.63, 3.8) is 0 Å². The first-order valence-corrected chi connectivity index (χ1v) is 10.1. The Kier molecular flexibility index (Phi) is 6.30. The van der Waals surface area contributed by atoms with Gasteiger partial charge in [0.25, 0.3) is 5.91 Å². The summed E-state index contributed by atoms with van der Waals surface area (Å²) >= 11 is 0. The van der Waals surface area contributed by atoms with E-state index in [4.69, 9.17) is 5.73 Å². The van der Waals surface area contributed by atoms with Crippen molar-refractivity contribution in [2.45, 2.75) is 18.8 Å². The zero-order valence-electron chi connectivity index (χ0n) is 17.8. The third-order valence-electron chi connectivity index (χ3n) is 5.54. The van der Waals surface area contributed by atoms with Crippen molar-refractivity contribution in [2.24, 2.45) is 0 Å². The largest absolute Gasteiger partial charge is 0.416 e. The smallest absolute Gasteiger partial charge is 0.394 e. The summed E-state index contributed by atoms with van der Waals surface area (Å²) in [5, 5.41) is 19.3. The normalized spacial score (nSPS) is 12.1. The average Bonchev–Trinajstić information content (AvgIpc) is 3.30. The highest BCUT2D eigenvalue weighted by Gasteiger charge is 2.32. The van der Waals surface area contributed by atoms with Gasteiger partial charge in [-0.15, -0.1) is 0 Å². The van der Waals surface area contributed by atoms with E-state index in [1.165, 1.54) is 16.9 Å². The van der Waals surface area contributed by atoms with Crippen molar-refractivity contribution >= 4 is 28.3 Å². The molecule has 0 unspecified atom stereocenters. The molecule has 8 nitrogen and oxygen atoms in total. The molecule has 4 rings (SSSR count). The van der Waals surface area contributed by atoms with Gasteiger partial charge in [0.1, 0.15) is 23.0 Å². The zero-order chi connectivity index (χ0) is 25.5. The first kappa shape index (κ1) is 24.3. The fraction of sp³-hybridized carbons (Fsp3) is 0.227. The van der Waals surface area contributed by atoms with Gasteiger partial charge < -0.3 is 20.8 Å². The number of carbonyl (C=O) groups is 1. The molecule has 4 aromatic rings. The summed E-state index contributed by atoms with van der Waals surface area (Å²) in [5.41, 5.74) is 4.57. The lowest BCUT2D eigenvalue weighted by Gasteiger charge is -2.30. The molecule has 35 heavy (non-hydrogen) atoms. The maximum atomic E-state index is 15.0. The highest BCUT2D eigenvalue weighted by atomic mass is 19.4. The quantitative estimate of drug-likeness (QED) is 0.354. The van der Waals surface area contributed by atoms with Crippen LogP contribution in [0.25, 0.3) is 16.6 Å². The second-order valence-electron chi connectivity index (χ2n) is 7.72. The van der Waals surface area contributed by atoms with Crippen molar-refractivity contribution in [1.29, 1.82) is 0 Å². The third-order valence-corrected chi connectivity index (χ3v) is 5.54. The number of nitrogens with two attached hydrogens (primary N) is 1. The molecule has 0 spiro atoms. The summed E-state index contributed by atoms with van der Waals surface area (Å²) in [7, 11) is 0. The lowest BCUT2D eigenvalue weighted by atomic mass is 10.1. The molecule has 0 aliphatic carbocycles. The van der Waals surface area contributed by atoms with Crippen LogP contribution in [0, 0.1) is 11.6 Å². The number of aliphatic hydroxyl groups is 2. The molecule has 0 saturated carbocycles. The maximum Gasteiger partial charge on any atom is 0.416 e. The van der Waals surface area contributed by atoms with E-state index in [1.807, 2.05) is 0 Å². The number of benzene rings is 2. The molecule has 0 saturated heterocycles. The molecule has 0 fully saturated rings. The zero-order valence-corrected chi connectivity index (χ0v) is 17.8. The summed E-state index contributed by atoms with van der Waals surface area (Å²) in [5.74, 6) is -3.23. The van der Waals surface area contributed by atoms with E-state index in [9.17, 15) is 37.0 Å². The number of alkyl halides is 3. The summed E-state index contributed by atoms with van der Waals surface area (Å²) in [6.07, 6.45) is -1.99. The highest BCUT2D eigenvalue weighted by molar-refractivity contribution is 5.98. The second-order valence-corrected chi connectivity index (χ2v) is 7.72. The lowest BCUT2D eigenvalue weighted by Crippen LogP contribution is -2.44. The molecule has 0 aliphatic heterocycles. The standard InChI is InChI=1S/C22H18F5N5O3/c23-15-3-12(22(25,26)27)2-1-11(15)7-31(13(8-33)9-34)21(35)14-4-18-17(5-16(14)24)30-20(28)19-6-29-10-32(18)19/h1-6,10,13,33-34H,7-9H2,(H2,28,30). The van der Waals surface area contributed by atoms with E-state index in [2.05, 4.69) is 9.97 Å². The number of aromatic nitrogens is 3. The number of rotatable bonds is 6. The first-order chi connectivity index (χ1) is 16.5. The number of hydrogen-bond acceptors (Lipinski definition) is 6. The van der Waals surface area contributed by atoms with E-state index >= 15 is 0 Å². The van der Waals surface area contributed by atoms with Gasteiger partial charge in [0.05, 0.1) is 53.9 Å². The van der Waals surface area contributed by atoms with Gasteiger partial charge in [0.15, 0.2) is 0 Å². The Morgan fingerprint density at radius 3 is 2.43 bits per heavy atom. The SMILES string of the molecule is Nc1nc2cc(F)c(C(=O)N(Cc3ccc(C(F)(F)F)cc3F)C(CO)CO)cc2n2cncc12. The molecule has 2 aromatic carbocycles. The number of anilines is 1. The number of amides is 1. The van der Waals surface area contributed by atoms with Crippen LogP contribution in [-0.4, -0.2) is 54.6 Å². The summed E-state index contributed by atoms with van der Waals surface area (Å²) < 4.78 is 69.6. The van der Waals surface area contributed by atoms with Crippen LogP contribution in [0.5, 0.6) is 0 Å². The Morgan fingerprint density at radius 2 is 1.80 bits per heavy atom. The second kappa shape index (κ2) is 9.07. The van der Waals surface area contributed by atoms with Gasteiger partial charge >= 0.3 is 6.18 Å². The predicted octanol–water partition coefficient (Wildman–Crippen LogP) is 2.76. The Bertz CT molecular complexity index is 1420. The van der Waals surface area contributed by atoms with E-state index in [0.29, 0.717) is 11.6 Å². The molecule has 4 N–H and O–H groups in total. The van der Waals surface area contributed by atoms with E-state index < -0.39 is 60.6 Å². The molecule has 2 heterocycles. The summed E-state index contributed by atoms with van der Waals surface area (Å²) in [4.78, 5) is 22.2. The predicted molar refractivity (Wildman–Crippen MR) is 114 cm³/mol. The van der Waals surface area contributed by atoms with Gasteiger partial charge in [0.2, 0.25) is 0 Å². The van der Waals surface area contributed by atoms with Crippen molar-refractivity contribution in [3.8, 4) is 0 Å². The van der Waals surface area contributed by atoms with Crippen LogP contribution < -0.4 is 5.73 Å². The number of carbonyl (C=O) groups excluding carboxylic acids is 1. The minimum absolute atomic E-state index is 0.0773. The molecule has 184 valence electrons. The lowest BCUT2D eigenvalue weighted by molar-refractivity contribution is -0.137. The topological polar surface area (TPSA) is 117 Å². The van der Waals surface area contributed by atoms with E-state index in [1.54, 1.807) is 0 Å². The highest BCUT2D eigenvalue weighted by Crippen LogP contribution is 2.31. The van der Waals surface area contributed by atoms with Crippen LogP contribution in [0.4, 0.5) is 27.8 Å². The van der Waals surface area contributed by atoms with E-state index in [-0.39, 0.29) is 28.5 Å². The molecule has 0 atom stereocenters. The van der Waals surface area contributed by atoms with Gasteiger partial charge in [-0.3, -0.25) is 9.20 Å². The third kappa shape index (κ3) is 4.47. The number of halogens is 5. The Hall–Kier alpha value is -3.84. The Labute approximate surface area is 194 Å². The minimum atomic E-state index is -4.78. The molecule has 0 radical (unpaired) electrons. The van der Waals surface area contributed by atoms with Crippen molar-refractivity contribution in [2.75, 3.05) is 18.9 Å². The van der Waals surface area contributed by atoms with Gasteiger partial charge in [-0.1, -0.05) is 6.07 Å². The minimum Gasteiger partial charge on any atom is -0.394 e. The molecule has 1 amide bonds. The van der Waals surface area contributed by atoms with Gasteiger partial charge in [-0.2, -0.15) is 13.2 Å². The molecule has 13 heteroatoms. The molecular weight excluding hydrogens is 477 g/mol. The van der Waals surface area contributed by atoms with Crippen LogP contribution in [0.2, 0.25) is 0 Å². The van der Waals surface area contributed by atoms with Crippen LogP contribution in [0.3, 0.4) is 0 Å².